The third-order valence-electron chi connectivity index (χ3n) is 4.74. The number of rotatable bonds is 4. The van der Waals surface area contributed by atoms with Crippen LogP contribution in [0.15, 0.2) is 47.7 Å². The number of esters is 1. The molecule has 29 heavy (non-hydrogen) atoms. The first-order valence-electron chi connectivity index (χ1n) is 8.59. The first kappa shape index (κ1) is 19.0. The van der Waals surface area contributed by atoms with E-state index in [-0.39, 0.29) is 12.4 Å². The Hall–Kier alpha value is -3.36. The number of carbonyl (C=O) groups excluding carboxylic acids is 1. The number of ether oxygens (including phenoxy) is 4. The first-order chi connectivity index (χ1) is 13.8. The van der Waals surface area contributed by atoms with Gasteiger partial charge in [0.2, 0.25) is 0 Å². The van der Waals surface area contributed by atoms with Gasteiger partial charge in [-0.05, 0) is 29.3 Å². The Labute approximate surface area is 163 Å². The van der Waals surface area contributed by atoms with Gasteiger partial charge in [-0.3, -0.25) is 0 Å². The molecular weight excluding hydrogens is 391 g/mol. The monoisotopic (exact) mass is 407 g/mol. The molecule has 2 heterocycles. The van der Waals surface area contributed by atoms with E-state index in [1.54, 1.807) is 18.2 Å². The second-order valence-electron chi connectivity index (χ2n) is 6.47. The van der Waals surface area contributed by atoms with E-state index in [1.807, 2.05) is 0 Å². The van der Waals surface area contributed by atoms with Gasteiger partial charge in [0.05, 0.1) is 25.5 Å². The molecule has 4 rings (SSSR count). The van der Waals surface area contributed by atoms with Crippen LogP contribution in [0.25, 0.3) is 0 Å². The fraction of sp³-hybridized carbons (Fsp3) is 0.250. The van der Waals surface area contributed by atoms with E-state index < -0.39 is 18.2 Å². The zero-order valence-electron chi connectivity index (χ0n) is 15.4. The van der Waals surface area contributed by atoms with E-state index in [2.05, 4.69) is 10.1 Å². The maximum atomic E-state index is 12.6. The van der Waals surface area contributed by atoms with Gasteiger partial charge in [-0.1, -0.05) is 6.07 Å². The molecule has 0 amide bonds. The predicted octanol–water partition coefficient (Wildman–Crippen LogP) is 3.97. The van der Waals surface area contributed by atoms with Gasteiger partial charge in [-0.15, -0.1) is 13.2 Å². The average Bonchev–Trinajstić information content (AvgIpc) is 3.04. The molecule has 0 saturated carbocycles. The van der Waals surface area contributed by atoms with Crippen molar-refractivity contribution in [1.82, 2.24) is 0 Å². The van der Waals surface area contributed by atoms with Gasteiger partial charge in [0.15, 0.2) is 0 Å². The second-order valence-corrected chi connectivity index (χ2v) is 6.47. The lowest BCUT2D eigenvalue weighted by atomic mass is 9.81. The Morgan fingerprint density at radius 2 is 1.72 bits per heavy atom. The van der Waals surface area contributed by atoms with Crippen molar-refractivity contribution in [2.75, 3.05) is 26.1 Å². The molecule has 0 saturated heterocycles. The van der Waals surface area contributed by atoms with E-state index in [4.69, 9.17) is 14.2 Å². The third-order valence-corrected chi connectivity index (χ3v) is 4.74. The zero-order valence-corrected chi connectivity index (χ0v) is 15.4. The van der Waals surface area contributed by atoms with Crippen LogP contribution in [-0.2, 0) is 9.53 Å². The largest absolute Gasteiger partial charge is 0.573 e. The predicted molar refractivity (Wildman–Crippen MR) is 96.1 cm³/mol. The van der Waals surface area contributed by atoms with E-state index in [9.17, 15) is 18.0 Å². The van der Waals surface area contributed by atoms with Gasteiger partial charge < -0.3 is 24.3 Å². The fourth-order valence-corrected chi connectivity index (χ4v) is 3.56. The number of benzene rings is 2. The van der Waals surface area contributed by atoms with Gasteiger partial charge in [0.1, 0.15) is 23.9 Å². The molecule has 1 N–H and O–H groups in total. The molecule has 0 radical (unpaired) electrons. The number of carbonyl (C=O) groups is 1. The lowest BCUT2D eigenvalue weighted by Gasteiger charge is -2.28. The molecule has 0 aromatic heterocycles. The molecule has 2 aliphatic rings. The molecule has 0 aliphatic carbocycles. The molecule has 0 bridgehead atoms. The van der Waals surface area contributed by atoms with Gasteiger partial charge in [-0.25, -0.2) is 4.79 Å². The van der Waals surface area contributed by atoms with Crippen LogP contribution < -0.4 is 19.5 Å². The number of nitrogens with one attached hydrogen (secondary N) is 1. The quantitative estimate of drug-likeness (QED) is 0.774. The molecule has 2 aromatic carbocycles. The van der Waals surface area contributed by atoms with Gasteiger partial charge in [-0.2, -0.15) is 0 Å². The van der Waals surface area contributed by atoms with E-state index in [0.29, 0.717) is 39.6 Å². The molecule has 2 aromatic rings. The van der Waals surface area contributed by atoms with Crippen molar-refractivity contribution >= 4 is 11.7 Å². The second kappa shape index (κ2) is 6.91. The summed E-state index contributed by atoms with van der Waals surface area (Å²) in [6.07, 6.45) is -4.81. The standard InChI is InChI=1S/C20H16F3NO5/c1-26-12-5-10(6-13(7-12)27-2)17-14-4-3-11(29-20(21,22)23)8-15(14)24-16-9-28-19(25)18(16)17/h3-8,17,24H,9H2,1-2H3. The summed E-state index contributed by atoms with van der Waals surface area (Å²) in [6, 6.07) is 9.14. The first-order valence-corrected chi connectivity index (χ1v) is 8.59. The van der Waals surface area contributed by atoms with Crippen molar-refractivity contribution in [2.24, 2.45) is 0 Å². The summed E-state index contributed by atoms with van der Waals surface area (Å²) in [6.45, 7) is 0.00949. The lowest BCUT2D eigenvalue weighted by molar-refractivity contribution is -0.274. The summed E-state index contributed by atoms with van der Waals surface area (Å²) in [7, 11) is 3.01. The highest BCUT2D eigenvalue weighted by molar-refractivity contribution is 5.97. The molecule has 2 aliphatic heterocycles. The number of hydrogen-bond donors (Lipinski definition) is 1. The molecule has 9 heteroatoms. The number of fused-ring (bicyclic) bond motifs is 1. The summed E-state index contributed by atoms with van der Waals surface area (Å²) in [4.78, 5) is 12.4. The maximum Gasteiger partial charge on any atom is 0.573 e. The van der Waals surface area contributed by atoms with Crippen molar-refractivity contribution in [1.29, 1.82) is 0 Å². The molecule has 152 valence electrons. The SMILES string of the molecule is COc1cc(OC)cc(C2C3=C(COC3=O)Nc3cc(OC(F)(F)F)ccc32)c1. The van der Waals surface area contributed by atoms with Gasteiger partial charge in [0, 0.05) is 23.7 Å². The van der Waals surface area contributed by atoms with Crippen molar-refractivity contribution < 1.29 is 36.9 Å². The van der Waals surface area contributed by atoms with Crippen LogP contribution in [0.3, 0.4) is 0 Å². The number of methoxy groups -OCH3 is 2. The van der Waals surface area contributed by atoms with E-state index in [0.717, 1.165) is 0 Å². The van der Waals surface area contributed by atoms with Gasteiger partial charge in [0.25, 0.3) is 0 Å². The Morgan fingerprint density at radius 1 is 1.03 bits per heavy atom. The summed E-state index contributed by atoms with van der Waals surface area (Å²) in [5, 5.41) is 3.00. The zero-order chi connectivity index (χ0) is 20.8. The highest BCUT2D eigenvalue weighted by atomic mass is 19.4. The lowest BCUT2D eigenvalue weighted by Crippen LogP contribution is -2.21. The Morgan fingerprint density at radius 3 is 2.34 bits per heavy atom. The van der Waals surface area contributed by atoms with Crippen LogP contribution >= 0.6 is 0 Å². The van der Waals surface area contributed by atoms with Crippen LogP contribution in [0.5, 0.6) is 17.2 Å². The topological polar surface area (TPSA) is 66.0 Å². The number of halogens is 3. The van der Waals surface area contributed by atoms with Crippen LogP contribution in [0, 0.1) is 0 Å². The molecular formula is C20H16F3NO5. The van der Waals surface area contributed by atoms with Crippen LogP contribution in [0.4, 0.5) is 18.9 Å². The number of hydrogen-bond acceptors (Lipinski definition) is 6. The number of alkyl halides is 3. The summed E-state index contributed by atoms with van der Waals surface area (Å²) >= 11 is 0. The maximum absolute atomic E-state index is 12.6. The average molecular weight is 407 g/mol. The summed E-state index contributed by atoms with van der Waals surface area (Å²) < 4.78 is 57.6. The highest BCUT2D eigenvalue weighted by Crippen LogP contribution is 2.46. The van der Waals surface area contributed by atoms with E-state index in [1.165, 1.54) is 32.4 Å². The number of anilines is 1. The summed E-state index contributed by atoms with van der Waals surface area (Å²) in [5.74, 6) is -0.379. The van der Waals surface area contributed by atoms with Crippen molar-refractivity contribution in [2.45, 2.75) is 12.3 Å². The Bertz CT molecular complexity index is 993. The molecule has 1 unspecified atom stereocenters. The molecule has 1 atom stereocenters. The Balaban J connectivity index is 1.86. The smallest absolute Gasteiger partial charge is 0.497 e. The fourth-order valence-electron chi connectivity index (χ4n) is 3.56. The normalized spacial score (nSPS) is 17.8. The van der Waals surface area contributed by atoms with Crippen molar-refractivity contribution in [3.05, 3.63) is 58.8 Å². The third kappa shape index (κ3) is 3.55. The van der Waals surface area contributed by atoms with Crippen LogP contribution in [0.1, 0.15) is 17.0 Å². The minimum atomic E-state index is -4.81. The minimum absolute atomic E-state index is 0.00949. The van der Waals surface area contributed by atoms with Crippen LogP contribution in [-0.4, -0.2) is 33.2 Å². The van der Waals surface area contributed by atoms with Gasteiger partial charge >= 0.3 is 12.3 Å². The highest BCUT2D eigenvalue weighted by Gasteiger charge is 2.39. The van der Waals surface area contributed by atoms with Crippen molar-refractivity contribution in [3.8, 4) is 17.2 Å². The Kier molecular flexibility index (Phi) is 4.52. The molecule has 0 fully saturated rings. The number of cyclic esters (lactones) is 1. The minimum Gasteiger partial charge on any atom is -0.497 e. The molecule has 0 spiro atoms. The van der Waals surface area contributed by atoms with E-state index >= 15 is 0 Å². The van der Waals surface area contributed by atoms with Crippen molar-refractivity contribution in [3.63, 3.8) is 0 Å². The molecule has 6 nitrogen and oxygen atoms in total. The summed E-state index contributed by atoms with van der Waals surface area (Å²) in [5.41, 5.74) is 2.58. The van der Waals surface area contributed by atoms with Crippen LogP contribution in [0.2, 0.25) is 0 Å².